The first kappa shape index (κ1) is 18.4. The first-order valence-electron chi connectivity index (χ1n) is 9.06. The van der Waals surface area contributed by atoms with E-state index in [4.69, 9.17) is 9.47 Å². The number of hydrogen-bond acceptors (Lipinski definition) is 5. The lowest BCUT2D eigenvalue weighted by Crippen LogP contribution is -2.09. The lowest BCUT2D eigenvalue weighted by Gasteiger charge is -2.08. The fourth-order valence-electron chi connectivity index (χ4n) is 2.88. The summed E-state index contributed by atoms with van der Waals surface area (Å²) >= 11 is 0. The van der Waals surface area contributed by atoms with Gasteiger partial charge in [0.15, 0.2) is 5.70 Å². The van der Waals surface area contributed by atoms with E-state index in [1.165, 1.54) is 0 Å². The summed E-state index contributed by atoms with van der Waals surface area (Å²) in [6, 6.07) is 23.3. The Hall–Kier alpha value is -3.99. The molecule has 0 saturated carbocycles. The second kappa shape index (κ2) is 7.94. The van der Waals surface area contributed by atoms with Gasteiger partial charge in [0, 0.05) is 11.1 Å². The second-order valence-corrected chi connectivity index (χ2v) is 6.50. The van der Waals surface area contributed by atoms with E-state index in [9.17, 15) is 9.59 Å². The van der Waals surface area contributed by atoms with Gasteiger partial charge in [-0.1, -0.05) is 54.1 Å². The zero-order chi connectivity index (χ0) is 20.2. The maximum Gasteiger partial charge on any atom is 0.363 e. The number of rotatable bonds is 4. The predicted molar refractivity (Wildman–Crippen MR) is 110 cm³/mol. The topological polar surface area (TPSA) is 65.0 Å². The molecule has 1 aliphatic rings. The summed E-state index contributed by atoms with van der Waals surface area (Å²) in [5.41, 5.74) is 2.83. The van der Waals surface area contributed by atoms with Gasteiger partial charge in [0.05, 0.1) is 5.56 Å². The lowest BCUT2D eigenvalue weighted by molar-refractivity contribution is -0.129. The molecule has 0 unspecified atom stereocenters. The van der Waals surface area contributed by atoms with Crippen LogP contribution in [0.5, 0.6) is 5.75 Å². The van der Waals surface area contributed by atoms with Crippen molar-refractivity contribution in [1.29, 1.82) is 0 Å². The molecule has 1 heterocycles. The lowest BCUT2D eigenvalue weighted by atomic mass is 10.1. The molecular formula is C24H17NO4. The highest BCUT2D eigenvalue weighted by Crippen LogP contribution is 2.25. The molecule has 0 atom stereocenters. The zero-order valence-electron chi connectivity index (χ0n) is 15.7. The Morgan fingerprint density at radius 1 is 0.966 bits per heavy atom. The molecule has 0 amide bonds. The molecule has 0 bridgehead atoms. The molecule has 5 heteroatoms. The Labute approximate surface area is 167 Å². The molecule has 0 aromatic heterocycles. The van der Waals surface area contributed by atoms with Crippen LogP contribution in [0.4, 0.5) is 0 Å². The summed E-state index contributed by atoms with van der Waals surface area (Å²) in [5, 5.41) is 0. The number of cyclic esters (lactones) is 1. The number of aryl methyl sites for hydroxylation is 1. The molecule has 142 valence electrons. The van der Waals surface area contributed by atoms with Crippen molar-refractivity contribution in [2.45, 2.75) is 6.92 Å². The van der Waals surface area contributed by atoms with E-state index in [-0.39, 0.29) is 11.6 Å². The smallest absolute Gasteiger partial charge is 0.363 e. The van der Waals surface area contributed by atoms with Gasteiger partial charge in [-0.2, -0.15) is 0 Å². The Balaban J connectivity index is 1.62. The van der Waals surface area contributed by atoms with Gasteiger partial charge >= 0.3 is 11.9 Å². The highest BCUT2D eigenvalue weighted by molar-refractivity contribution is 6.13. The molecule has 0 fully saturated rings. The quantitative estimate of drug-likeness (QED) is 0.376. The van der Waals surface area contributed by atoms with Crippen LogP contribution < -0.4 is 4.74 Å². The number of hydrogen-bond donors (Lipinski definition) is 0. The van der Waals surface area contributed by atoms with Crippen LogP contribution in [0.1, 0.15) is 27.0 Å². The summed E-state index contributed by atoms with van der Waals surface area (Å²) in [4.78, 5) is 29.0. The van der Waals surface area contributed by atoms with Gasteiger partial charge in [-0.3, -0.25) is 0 Å². The van der Waals surface area contributed by atoms with Gasteiger partial charge in [-0.15, -0.1) is 0 Å². The van der Waals surface area contributed by atoms with Crippen molar-refractivity contribution in [3.8, 4) is 5.75 Å². The average Bonchev–Trinajstić information content (AvgIpc) is 3.10. The van der Waals surface area contributed by atoms with E-state index >= 15 is 0 Å². The van der Waals surface area contributed by atoms with Crippen LogP contribution in [-0.4, -0.2) is 17.8 Å². The number of ether oxygens (including phenoxy) is 2. The monoisotopic (exact) mass is 383 g/mol. The van der Waals surface area contributed by atoms with Crippen molar-refractivity contribution in [3.05, 3.63) is 107 Å². The average molecular weight is 383 g/mol. The Morgan fingerprint density at radius 3 is 2.52 bits per heavy atom. The Morgan fingerprint density at radius 2 is 1.72 bits per heavy atom. The van der Waals surface area contributed by atoms with E-state index in [1.54, 1.807) is 48.5 Å². The van der Waals surface area contributed by atoms with Gasteiger partial charge in [0.2, 0.25) is 5.90 Å². The van der Waals surface area contributed by atoms with Crippen molar-refractivity contribution in [1.82, 2.24) is 0 Å². The summed E-state index contributed by atoms with van der Waals surface area (Å²) in [6.07, 6.45) is 1.55. The van der Waals surface area contributed by atoms with Crippen molar-refractivity contribution in [2.24, 2.45) is 4.99 Å². The number of benzene rings is 3. The van der Waals surface area contributed by atoms with Gasteiger partial charge in [-0.25, -0.2) is 14.6 Å². The van der Waals surface area contributed by atoms with Gasteiger partial charge in [0.25, 0.3) is 0 Å². The first-order valence-corrected chi connectivity index (χ1v) is 9.06. The Kier molecular flexibility index (Phi) is 5.03. The Bertz CT molecular complexity index is 1150. The summed E-state index contributed by atoms with van der Waals surface area (Å²) in [6.45, 7) is 1.91. The van der Waals surface area contributed by atoms with Crippen LogP contribution in [0.15, 0.2) is 89.6 Å². The molecule has 0 radical (unpaired) electrons. The zero-order valence-corrected chi connectivity index (χ0v) is 15.7. The summed E-state index contributed by atoms with van der Waals surface area (Å²) in [5.74, 6) is -0.440. The summed E-state index contributed by atoms with van der Waals surface area (Å²) in [7, 11) is 0. The fraction of sp³-hybridized carbons (Fsp3) is 0.0417. The molecule has 0 saturated heterocycles. The van der Waals surface area contributed by atoms with Gasteiger partial charge in [0.1, 0.15) is 5.75 Å². The van der Waals surface area contributed by atoms with Gasteiger partial charge < -0.3 is 9.47 Å². The van der Waals surface area contributed by atoms with Crippen LogP contribution in [-0.2, 0) is 9.53 Å². The fourth-order valence-corrected chi connectivity index (χ4v) is 2.88. The summed E-state index contributed by atoms with van der Waals surface area (Å²) < 4.78 is 10.8. The third kappa shape index (κ3) is 4.14. The molecule has 1 aliphatic heterocycles. The number of carbonyl (C=O) groups is 2. The van der Waals surface area contributed by atoms with Gasteiger partial charge in [-0.05, 0) is 43.3 Å². The highest BCUT2D eigenvalue weighted by atomic mass is 16.6. The predicted octanol–water partition coefficient (Wildman–Crippen LogP) is 4.56. The minimum atomic E-state index is -0.552. The van der Waals surface area contributed by atoms with Crippen LogP contribution in [0.3, 0.4) is 0 Å². The molecule has 0 spiro atoms. The minimum absolute atomic E-state index is 0.142. The van der Waals surface area contributed by atoms with Crippen molar-refractivity contribution < 1.29 is 19.1 Å². The highest BCUT2D eigenvalue weighted by Gasteiger charge is 2.24. The molecule has 3 aromatic rings. The van der Waals surface area contributed by atoms with Crippen molar-refractivity contribution in [3.63, 3.8) is 0 Å². The molecule has 29 heavy (non-hydrogen) atoms. The molecular weight excluding hydrogens is 366 g/mol. The molecule has 0 N–H and O–H groups in total. The molecule has 4 rings (SSSR count). The molecule has 5 nitrogen and oxygen atoms in total. The van der Waals surface area contributed by atoms with E-state index in [0.717, 1.165) is 5.56 Å². The van der Waals surface area contributed by atoms with Crippen LogP contribution in [0.2, 0.25) is 0 Å². The van der Waals surface area contributed by atoms with Crippen LogP contribution in [0, 0.1) is 6.92 Å². The molecule has 3 aromatic carbocycles. The number of esters is 2. The number of aliphatic imine (C=N–C) groups is 1. The number of para-hydroxylation sites is 1. The third-order valence-electron chi connectivity index (χ3n) is 4.31. The second-order valence-electron chi connectivity index (χ2n) is 6.50. The third-order valence-corrected chi connectivity index (χ3v) is 4.31. The minimum Gasteiger partial charge on any atom is -0.422 e. The standard InChI is InChI=1S/C24H17NO4/c1-16-8-7-12-19(14-16)23(26)28-21-13-6-5-11-18(21)15-20-24(27)29-22(25-20)17-9-3-2-4-10-17/h2-15H,1H3. The SMILES string of the molecule is Cc1cccc(C(=O)Oc2ccccc2C=C2N=C(c3ccccc3)OC2=O)c1. The van der Waals surface area contributed by atoms with Crippen molar-refractivity contribution >= 4 is 23.9 Å². The molecule has 0 aliphatic carbocycles. The number of nitrogens with zero attached hydrogens (tertiary/aromatic N) is 1. The van der Waals surface area contributed by atoms with E-state index in [0.29, 0.717) is 22.4 Å². The van der Waals surface area contributed by atoms with E-state index < -0.39 is 11.9 Å². The number of carbonyl (C=O) groups excluding carboxylic acids is 2. The van der Waals surface area contributed by atoms with Crippen LogP contribution in [0.25, 0.3) is 6.08 Å². The van der Waals surface area contributed by atoms with Crippen molar-refractivity contribution in [2.75, 3.05) is 0 Å². The maximum atomic E-state index is 12.5. The normalized spacial score (nSPS) is 14.4. The first-order chi connectivity index (χ1) is 14.1. The maximum absolute atomic E-state index is 12.5. The van der Waals surface area contributed by atoms with E-state index in [2.05, 4.69) is 4.99 Å². The van der Waals surface area contributed by atoms with E-state index in [1.807, 2.05) is 43.3 Å². The largest absolute Gasteiger partial charge is 0.422 e. The van der Waals surface area contributed by atoms with Crippen LogP contribution >= 0.6 is 0 Å².